The zero-order chi connectivity index (χ0) is 20.0. The van der Waals surface area contributed by atoms with E-state index in [-0.39, 0.29) is 17.3 Å². The Balaban J connectivity index is 1.61. The topological polar surface area (TPSA) is 79.4 Å². The Morgan fingerprint density at radius 3 is 2.68 bits per heavy atom. The zero-order valence-corrected chi connectivity index (χ0v) is 15.0. The van der Waals surface area contributed by atoms with Gasteiger partial charge < -0.3 is 15.4 Å². The minimum Gasteiger partial charge on any atom is -0.379 e. The van der Waals surface area contributed by atoms with Crippen molar-refractivity contribution in [3.05, 3.63) is 47.8 Å². The molecule has 0 aliphatic carbocycles. The van der Waals surface area contributed by atoms with Crippen LogP contribution in [-0.2, 0) is 10.9 Å². The minimum absolute atomic E-state index is 0.0270. The van der Waals surface area contributed by atoms with Gasteiger partial charge in [-0.05, 0) is 18.2 Å². The van der Waals surface area contributed by atoms with E-state index in [2.05, 4.69) is 25.5 Å². The molecule has 1 saturated heterocycles. The third-order valence-corrected chi connectivity index (χ3v) is 4.18. The van der Waals surface area contributed by atoms with Gasteiger partial charge in [-0.2, -0.15) is 13.2 Å². The predicted molar refractivity (Wildman–Crippen MR) is 97.2 cm³/mol. The molecule has 0 radical (unpaired) electrons. The number of hydrogen-bond donors (Lipinski definition) is 2. The molecule has 10 heteroatoms. The van der Waals surface area contributed by atoms with E-state index in [4.69, 9.17) is 4.74 Å². The first-order valence-corrected chi connectivity index (χ1v) is 8.78. The maximum Gasteiger partial charge on any atom is 0.418 e. The van der Waals surface area contributed by atoms with Crippen LogP contribution in [0.25, 0.3) is 0 Å². The lowest BCUT2D eigenvalue weighted by Crippen LogP contribution is -2.39. The van der Waals surface area contributed by atoms with Crippen LogP contribution in [0.5, 0.6) is 0 Å². The molecule has 1 aromatic carbocycles. The normalized spacial score (nSPS) is 15.2. The molecule has 2 aromatic rings. The number of halogens is 3. The van der Waals surface area contributed by atoms with Gasteiger partial charge in [-0.1, -0.05) is 12.1 Å². The molecule has 2 heterocycles. The van der Waals surface area contributed by atoms with E-state index >= 15 is 0 Å². The van der Waals surface area contributed by atoms with Gasteiger partial charge in [0.15, 0.2) is 0 Å². The summed E-state index contributed by atoms with van der Waals surface area (Å²) in [6.45, 7) is 4.44. The first-order chi connectivity index (χ1) is 13.4. The largest absolute Gasteiger partial charge is 0.418 e. The Kier molecular flexibility index (Phi) is 6.42. The lowest BCUT2D eigenvalue weighted by atomic mass is 10.1. The number of anilines is 2. The highest BCUT2D eigenvalue weighted by molar-refractivity contribution is 6.03. The zero-order valence-electron chi connectivity index (χ0n) is 15.0. The van der Waals surface area contributed by atoms with E-state index in [1.54, 1.807) is 0 Å². The lowest BCUT2D eigenvalue weighted by molar-refractivity contribution is -0.136. The molecule has 3 rings (SSSR count). The number of morpholine rings is 1. The van der Waals surface area contributed by atoms with E-state index < -0.39 is 17.6 Å². The smallest absolute Gasteiger partial charge is 0.379 e. The van der Waals surface area contributed by atoms with Crippen molar-refractivity contribution in [1.82, 2.24) is 14.9 Å². The second-order valence-corrected chi connectivity index (χ2v) is 6.14. The van der Waals surface area contributed by atoms with Crippen LogP contribution in [0, 0.1) is 0 Å². The summed E-state index contributed by atoms with van der Waals surface area (Å²) in [5, 5.41) is 5.29. The fourth-order valence-corrected chi connectivity index (χ4v) is 2.75. The Hall–Kier alpha value is -2.72. The van der Waals surface area contributed by atoms with Gasteiger partial charge in [0.2, 0.25) is 5.95 Å². The highest BCUT2D eigenvalue weighted by atomic mass is 19.4. The van der Waals surface area contributed by atoms with Gasteiger partial charge >= 0.3 is 6.18 Å². The predicted octanol–water partition coefficient (Wildman–Crippen LogP) is 2.49. The van der Waals surface area contributed by atoms with Crippen molar-refractivity contribution in [3.63, 3.8) is 0 Å². The molecule has 1 aromatic heterocycles. The second-order valence-electron chi connectivity index (χ2n) is 6.14. The molecule has 150 valence electrons. The molecule has 1 aliphatic rings. The van der Waals surface area contributed by atoms with Crippen molar-refractivity contribution in [3.8, 4) is 0 Å². The van der Waals surface area contributed by atoms with Crippen LogP contribution in [0.1, 0.15) is 16.1 Å². The number of rotatable bonds is 6. The number of aromatic nitrogens is 2. The maximum atomic E-state index is 13.1. The Labute approximate surface area is 159 Å². The average molecular weight is 395 g/mol. The highest BCUT2D eigenvalue weighted by Crippen LogP contribution is 2.34. The number of nitrogens with zero attached hydrogens (tertiary/aromatic N) is 3. The van der Waals surface area contributed by atoms with Gasteiger partial charge in [0.25, 0.3) is 5.91 Å². The molecule has 7 nitrogen and oxygen atoms in total. The van der Waals surface area contributed by atoms with E-state index in [1.807, 2.05) is 0 Å². The molecule has 0 bridgehead atoms. The number of para-hydroxylation sites is 1. The number of alkyl halides is 3. The van der Waals surface area contributed by atoms with Gasteiger partial charge in [0.05, 0.1) is 24.5 Å². The van der Waals surface area contributed by atoms with E-state index in [1.165, 1.54) is 30.5 Å². The molecule has 0 saturated carbocycles. The van der Waals surface area contributed by atoms with Crippen LogP contribution < -0.4 is 10.6 Å². The number of nitrogens with one attached hydrogen (secondary N) is 2. The van der Waals surface area contributed by atoms with Crippen LogP contribution in [0.15, 0.2) is 36.5 Å². The van der Waals surface area contributed by atoms with Crippen LogP contribution in [-0.4, -0.2) is 60.2 Å². The third-order valence-electron chi connectivity index (χ3n) is 4.18. The molecular formula is C18H20F3N5O2. The van der Waals surface area contributed by atoms with Gasteiger partial charge in [0, 0.05) is 32.4 Å². The molecule has 1 fully saturated rings. The first kappa shape index (κ1) is 20.0. The Morgan fingerprint density at radius 2 is 1.93 bits per heavy atom. The second kappa shape index (κ2) is 8.98. The monoisotopic (exact) mass is 395 g/mol. The number of amides is 1. The van der Waals surface area contributed by atoms with Crippen LogP contribution in [0.3, 0.4) is 0 Å². The summed E-state index contributed by atoms with van der Waals surface area (Å²) in [4.78, 5) is 22.7. The summed E-state index contributed by atoms with van der Waals surface area (Å²) in [5.74, 6) is -0.500. The fraction of sp³-hybridized carbons (Fsp3) is 0.389. The summed E-state index contributed by atoms with van der Waals surface area (Å²) in [5.41, 5.74) is -1.26. The highest BCUT2D eigenvalue weighted by Gasteiger charge is 2.33. The van der Waals surface area contributed by atoms with E-state index in [0.29, 0.717) is 19.8 Å². The van der Waals surface area contributed by atoms with Crippen molar-refractivity contribution in [1.29, 1.82) is 0 Å². The molecule has 28 heavy (non-hydrogen) atoms. The summed E-state index contributed by atoms with van der Waals surface area (Å²) in [6, 6.07) is 6.14. The van der Waals surface area contributed by atoms with Crippen molar-refractivity contribution in [2.24, 2.45) is 0 Å². The molecule has 0 spiro atoms. The molecule has 1 aliphatic heterocycles. The van der Waals surface area contributed by atoms with Crippen LogP contribution in [0.4, 0.5) is 24.8 Å². The number of benzene rings is 1. The fourth-order valence-electron chi connectivity index (χ4n) is 2.75. The number of carbonyl (C=O) groups excluding carboxylic acids is 1. The lowest BCUT2D eigenvalue weighted by Gasteiger charge is -2.26. The van der Waals surface area contributed by atoms with Crippen molar-refractivity contribution >= 4 is 17.5 Å². The average Bonchev–Trinajstić information content (AvgIpc) is 2.69. The Morgan fingerprint density at radius 1 is 1.18 bits per heavy atom. The van der Waals surface area contributed by atoms with Crippen molar-refractivity contribution in [2.45, 2.75) is 6.18 Å². The summed E-state index contributed by atoms with van der Waals surface area (Å²) in [7, 11) is 0. The standard InChI is InChI=1S/C18H20F3N5O2/c19-18(20,21)13-3-1-2-4-14(13)24-16(27)15-5-6-22-17(25-15)23-7-8-26-9-11-28-12-10-26/h1-6H,7-12H2,(H,24,27)(H,22,23,25). The number of ether oxygens (including phenoxy) is 1. The molecule has 1 amide bonds. The van der Waals surface area contributed by atoms with Crippen molar-refractivity contribution in [2.75, 3.05) is 50.0 Å². The van der Waals surface area contributed by atoms with Crippen LogP contribution >= 0.6 is 0 Å². The van der Waals surface area contributed by atoms with Gasteiger partial charge in [-0.25, -0.2) is 9.97 Å². The van der Waals surface area contributed by atoms with E-state index in [0.717, 1.165) is 25.7 Å². The summed E-state index contributed by atoms with van der Waals surface area (Å²) < 4.78 is 44.5. The SMILES string of the molecule is O=C(Nc1ccccc1C(F)(F)F)c1ccnc(NCCN2CCOCC2)n1. The quantitative estimate of drug-likeness (QED) is 0.783. The third kappa shape index (κ3) is 5.40. The summed E-state index contributed by atoms with van der Waals surface area (Å²) in [6.07, 6.45) is -3.18. The van der Waals surface area contributed by atoms with E-state index in [9.17, 15) is 18.0 Å². The molecule has 0 unspecified atom stereocenters. The van der Waals surface area contributed by atoms with Gasteiger partial charge in [-0.15, -0.1) is 0 Å². The first-order valence-electron chi connectivity index (χ1n) is 8.78. The van der Waals surface area contributed by atoms with Gasteiger partial charge in [0.1, 0.15) is 5.69 Å². The number of hydrogen-bond acceptors (Lipinski definition) is 6. The summed E-state index contributed by atoms with van der Waals surface area (Å²) >= 11 is 0. The minimum atomic E-state index is -4.57. The number of carbonyl (C=O) groups is 1. The van der Waals surface area contributed by atoms with Crippen LogP contribution in [0.2, 0.25) is 0 Å². The Bertz CT molecular complexity index is 810. The molecular weight excluding hydrogens is 375 g/mol. The maximum absolute atomic E-state index is 13.1. The van der Waals surface area contributed by atoms with Crippen molar-refractivity contribution < 1.29 is 22.7 Å². The molecule has 2 N–H and O–H groups in total. The molecule has 0 atom stereocenters. The van der Waals surface area contributed by atoms with Gasteiger partial charge in [-0.3, -0.25) is 9.69 Å².